The lowest BCUT2D eigenvalue weighted by molar-refractivity contribution is -0.274. The number of carbonyl (C=O) groups excluding carboxylic acids is 2. The first-order chi connectivity index (χ1) is 14.7. The fourth-order valence-electron chi connectivity index (χ4n) is 3.63. The van der Waals surface area contributed by atoms with E-state index in [1.807, 2.05) is 0 Å². The SMILES string of the molecule is CC(c1ccnc2cccc(Cl)c12)C1NC(=O)N(c2ccc(OC(F)(F)F)cc2)C1=O. The topological polar surface area (TPSA) is 71.5 Å². The Balaban J connectivity index is 1.62. The number of imide groups is 1. The number of alkyl halides is 3. The molecule has 31 heavy (non-hydrogen) atoms. The van der Waals surface area contributed by atoms with E-state index in [0.717, 1.165) is 22.6 Å². The summed E-state index contributed by atoms with van der Waals surface area (Å²) in [4.78, 5) is 30.7. The molecule has 2 heterocycles. The van der Waals surface area contributed by atoms with Crippen molar-refractivity contribution < 1.29 is 27.5 Å². The zero-order valence-corrected chi connectivity index (χ0v) is 16.7. The van der Waals surface area contributed by atoms with Gasteiger partial charge in [-0.1, -0.05) is 24.6 Å². The van der Waals surface area contributed by atoms with Gasteiger partial charge in [0.1, 0.15) is 11.8 Å². The molecule has 1 N–H and O–H groups in total. The van der Waals surface area contributed by atoms with Crippen LogP contribution in [0.1, 0.15) is 18.4 Å². The van der Waals surface area contributed by atoms with Gasteiger partial charge in [0.2, 0.25) is 0 Å². The van der Waals surface area contributed by atoms with Crippen LogP contribution in [0.5, 0.6) is 5.75 Å². The molecule has 2 atom stereocenters. The molecule has 1 aliphatic heterocycles. The number of rotatable bonds is 4. The zero-order valence-electron chi connectivity index (χ0n) is 16.0. The second-order valence-electron chi connectivity index (χ2n) is 6.97. The molecule has 0 aliphatic carbocycles. The van der Waals surface area contributed by atoms with Gasteiger partial charge in [-0.15, -0.1) is 13.2 Å². The van der Waals surface area contributed by atoms with Gasteiger partial charge in [-0.05, 0) is 48.0 Å². The van der Waals surface area contributed by atoms with E-state index in [0.29, 0.717) is 15.9 Å². The van der Waals surface area contributed by atoms with Crippen LogP contribution >= 0.6 is 11.6 Å². The Morgan fingerprint density at radius 2 is 1.84 bits per heavy atom. The number of nitrogens with one attached hydrogen (secondary N) is 1. The monoisotopic (exact) mass is 449 g/mol. The summed E-state index contributed by atoms with van der Waals surface area (Å²) in [6, 6.07) is 9.96. The van der Waals surface area contributed by atoms with Crippen LogP contribution in [0.15, 0.2) is 54.7 Å². The van der Waals surface area contributed by atoms with Crippen molar-refractivity contribution in [2.45, 2.75) is 25.2 Å². The number of urea groups is 1. The smallest absolute Gasteiger partial charge is 0.406 e. The molecular weight excluding hydrogens is 435 g/mol. The number of aromatic nitrogens is 1. The summed E-state index contributed by atoms with van der Waals surface area (Å²) in [5, 5.41) is 3.81. The third-order valence-electron chi connectivity index (χ3n) is 5.04. The largest absolute Gasteiger partial charge is 0.573 e. The summed E-state index contributed by atoms with van der Waals surface area (Å²) in [6.45, 7) is 1.78. The minimum atomic E-state index is -4.84. The maximum atomic E-state index is 13.0. The van der Waals surface area contributed by atoms with Gasteiger partial charge in [0.25, 0.3) is 5.91 Å². The molecule has 2 unspecified atom stereocenters. The van der Waals surface area contributed by atoms with Crippen molar-refractivity contribution in [1.82, 2.24) is 10.3 Å². The van der Waals surface area contributed by atoms with Crippen LogP contribution in [-0.4, -0.2) is 29.3 Å². The molecule has 3 aromatic rings. The van der Waals surface area contributed by atoms with Crippen LogP contribution in [0.4, 0.5) is 23.7 Å². The number of ether oxygens (including phenoxy) is 1. The van der Waals surface area contributed by atoms with E-state index in [1.54, 1.807) is 37.4 Å². The highest BCUT2D eigenvalue weighted by Crippen LogP contribution is 2.34. The summed E-state index contributed by atoms with van der Waals surface area (Å²) in [6.07, 6.45) is -3.24. The van der Waals surface area contributed by atoms with Gasteiger partial charge in [0, 0.05) is 17.5 Å². The average Bonchev–Trinajstić information content (AvgIpc) is 3.01. The van der Waals surface area contributed by atoms with Crippen LogP contribution < -0.4 is 15.0 Å². The lowest BCUT2D eigenvalue weighted by atomic mass is 9.90. The number of carbonyl (C=O) groups is 2. The molecule has 3 amide bonds. The number of anilines is 1. The van der Waals surface area contributed by atoms with E-state index in [4.69, 9.17) is 11.6 Å². The molecule has 1 aromatic heterocycles. The van der Waals surface area contributed by atoms with Gasteiger partial charge in [-0.3, -0.25) is 9.78 Å². The highest BCUT2D eigenvalue weighted by molar-refractivity contribution is 6.35. The third-order valence-corrected chi connectivity index (χ3v) is 5.35. The number of pyridine rings is 1. The lowest BCUT2D eigenvalue weighted by Crippen LogP contribution is -2.35. The van der Waals surface area contributed by atoms with Gasteiger partial charge in [0.05, 0.1) is 16.2 Å². The second-order valence-corrected chi connectivity index (χ2v) is 7.37. The number of nitrogens with zero attached hydrogens (tertiary/aromatic N) is 2. The van der Waals surface area contributed by atoms with Crippen molar-refractivity contribution in [3.63, 3.8) is 0 Å². The molecule has 0 radical (unpaired) electrons. The first kappa shape index (κ1) is 20.9. The first-order valence-corrected chi connectivity index (χ1v) is 9.57. The molecule has 1 fully saturated rings. The van der Waals surface area contributed by atoms with Crippen molar-refractivity contribution in [2.75, 3.05) is 4.90 Å². The molecule has 10 heteroatoms. The number of halogens is 4. The molecule has 1 aliphatic rings. The Bertz CT molecular complexity index is 1160. The van der Waals surface area contributed by atoms with E-state index in [2.05, 4.69) is 15.0 Å². The highest BCUT2D eigenvalue weighted by atomic mass is 35.5. The number of fused-ring (bicyclic) bond motifs is 1. The summed E-state index contributed by atoms with van der Waals surface area (Å²) < 4.78 is 40.8. The molecule has 0 spiro atoms. The molecule has 4 rings (SSSR count). The number of amides is 3. The molecule has 0 saturated carbocycles. The number of hydrogen-bond donors (Lipinski definition) is 1. The van der Waals surface area contributed by atoms with Crippen LogP contribution in [-0.2, 0) is 4.79 Å². The van der Waals surface area contributed by atoms with Gasteiger partial charge >= 0.3 is 12.4 Å². The van der Waals surface area contributed by atoms with E-state index >= 15 is 0 Å². The van der Waals surface area contributed by atoms with Gasteiger partial charge in [-0.25, -0.2) is 9.69 Å². The molecule has 1 saturated heterocycles. The van der Waals surface area contributed by atoms with Gasteiger partial charge in [-0.2, -0.15) is 0 Å². The van der Waals surface area contributed by atoms with Gasteiger partial charge in [0.15, 0.2) is 0 Å². The van der Waals surface area contributed by atoms with E-state index in [9.17, 15) is 22.8 Å². The summed E-state index contributed by atoms with van der Waals surface area (Å²) in [5.41, 5.74) is 1.53. The van der Waals surface area contributed by atoms with Crippen molar-refractivity contribution in [3.05, 3.63) is 65.3 Å². The summed E-state index contributed by atoms with van der Waals surface area (Å²) in [7, 11) is 0. The Kier molecular flexibility index (Phi) is 5.22. The Morgan fingerprint density at radius 3 is 2.52 bits per heavy atom. The predicted molar refractivity (Wildman–Crippen MR) is 108 cm³/mol. The van der Waals surface area contributed by atoms with E-state index in [-0.39, 0.29) is 5.69 Å². The van der Waals surface area contributed by atoms with E-state index < -0.39 is 36.0 Å². The molecular formula is C21H15ClF3N3O3. The number of benzene rings is 2. The van der Waals surface area contributed by atoms with Crippen molar-refractivity contribution >= 4 is 40.1 Å². The van der Waals surface area contributed by atoms with Crippen LogP contribution in [0, 0.1) is 0 Å². The maximum Gasteiger partial charge on any atom is 0.573 e. The standard InChI is InChI=1S/C21H15ClF3N3O3/c1-11(14-9-10-26-16-4-2-3-15(22)17(14)16)18-19(29)28(20(30)27-18)12-5-7-13(8-6-12)31-21(23,24)25/h2-11,18H,1H3,(H,27,30). The molecule has 160 valence electrons. The average molecular weight is 450 g/mol. The number of hydrogen-bond acceptors (Lipinski definition) is 4. The predicted octanol–water partition coefficient (Wildman–Crippen LogP) is 5.02. The first-order valence-electron chi connectivity index (χ1n) is 9.19. The zero-order chi connectivity index (χ0) is 22.3. The normalized spacial score (nSPS) is 17.7. The third kappa shape index (κ3) is 4.00. The van der Waals surface area contributed by atoms with Crippen molar-refractivity contribution in [2.24, 2.45) is 0 Å². The Hall–Kier alpha value is -3.33. The molecule has 2 aromatic carbocycles. The van der Waals surface area contributed by atoms with Gasteiger partial charge < -0.3 is 10.1 Å². The molecule has 0 bridgehead atoms. The maximum absolute atomic E-state index is 13.0. The van der Waals surface area contributed by atoms with Crippen LogP contribution in [0.3, 0.4) is 0 Å². The second kappa shape index (κ2) is 7.73. The summed E-state index contributed by atoms with van der Waals surface area (Å²) in [5.74, 6) is -1.43. The molecule has 6 nitrogen and oxygen atoms in total. The Morgan fingerprint density at radius 1 is 1.13 bits per heavy atom. The highest BCUT2D eigenvalue weighted by Gasteiger charge is 2.42. The quantitative estimate of drug-likeness (QED) is 0.568. The van der Waals surface area contributed by atoms with Crippen molar-refractivity contribution in [3.8, 4) is 5.75 Å². The minimum Gasteiger partial charge on any atom is -0.406 e. The van der Waals surface area contributed by atoms with Crippen LogP contribution in [0.2, 0.25) is 5.02 Å². The van der Waals surface area contributed by atoms with E-state index in [1.165, 1.54) is 12.1 Å². The summed E-state index contributed by atoms with van der Waals surface area (Å²) >= 11 is 6.35. The fourth-order valence-corrected chi connectivity index (χ4v) is 3.90. The fraction of sp³-hybridized carbons (Fsp3) is 0.190. The van der Waals surface area contributed by atoms with Crippen LogP contribution in [0.25, 0.3) is 10.9 Å². The van der Waals surface area contributed by atoms with Crippen molar-refractivity contribution in [1.29, 1.82) is 0 Å². The minimum absolute atomic E-state index is 0.129. The lowest BCUT2D eigenvalue weighted by Gasteiger charge is -2.20. The Labute approximate surface area is 179 Å².